The number of hydrogen-bond donors (Lipinski definition) is 1. The topological polar surface area (TPSA) is 119 Å². The minimum atomic E-state index is -3.60. The number of nitrogens with one attached hydrogen (secondary N) is 1. The van der Waals surface area contributed by atoms with E-state index in [4.69, 9.17) is 4.74 Å². The summed E-state index contributed by atoms with van der Waals surface area (Å²) in [7, 11) is -3.60. The maximum Gasteiger partial charge on any atom is 0.256 e. The first-order valence-electron chi connectivity index (χ1n) is 8.84. The van der Waals surface area contributed by atoms with Crippen molar-refractivity contribution < 1.29 is 17.9 Å². The predicted molar refractivity (Wildman–Crippen MR) is 103 cm³/mol. The van der Waals surface area contributed by atoms with Gasteiger partial charge in [-0.25, -0.2) is 23.4 Å². The number of carbonyl (C=O) groups is 1. The lowest BCUT2D eigenvalue weighted by Crippen LogP contribution is -2.40. The third-order valence-corrected chi connectivity index (χ3v) is 6.30. The molecule has 1 saturated heterocycles. The van der Waals surface area contributed by atoms with Crippen LogP contribution in [0.25, 0.3) is 5.82 Å². The second-order valence-electron chi connectivity index (χ2n) is 6.23. The lowest BCUT2D eigenvalue weighted by Gasteiger charge is -2.26. The molecule has 4 rings (SSSR count). The number of benzene rings is 1. The van der Waals surface area contributed by atoms with Crippen LogP contribution < -0.4 is 5.32 Å². The van der Waals surface area contributed by atoms with Gasteiger partial charge in [-0.15, -0.1) is 0 Å². The molecular formula is C18H18N6O4S. The summed E-state index contributed by atoms with van der Waals surface area (Å²) in [6.07, 6.45) is 6.26. The number of ether oxygens (including phenoxy) is 1. The van der Waals surface area contributed by atoms with Crippen LogP contribution in [0.3, 0.4) is 0 Å². The van der Waals surface area contributed by atoms with Crippen LogP contribution in [0.15, 0.2) is 60.3 Å². The van der Waals surface area contributed by atoms with Gasteiger partial charge >= 0.3 is 0 Å². The number of amides is 1. The summed E-state index contributed by atoms with van der Waals surface area (Å²) >= 11 is 0. The van der Waals surface area contributed by atoms with E-state index in [1.807, 2.05) is 0 Å². The van der Waals surface area contributed by atoms with Gasteiger partial charge in [-0.1, -0.05) is 0 Å². The minimum absolute atomic E-state index is 0.139. The van der Waals surface area contributed by atoms with Crippen LogP contribution in [0.1, 0.15) is 10.4 Å². The zero-order valence-electron chi connectivity index (χ0n) is 15.3. The molecule has 10 nitrogen and oxygen atoms in total. The Morgan fingerprint density at radius 1 is 1.10 bits per heavy atom. The quantitative estimate of drug-likeness (QED) is 0.660. The maximum absolute atomic E-state index is 12.7. The molecule has 0 atom stereocenters. The SMILES string of the molecule is O=C(Nc1cc(-n2ccnc2)ncn1)c1ccc(S(=O)(=O)N2CCOCC2)cc1. The van der Waals surface area contributed by atoms with Crippen molar-refractivity contribution >= 4 is 21.7 Å². The Labute approximate surface area is 167 Å². The Kier molecular flexibility index (Phi) is 5.34. The van der Waals surface area contributed by atoms with E-state index in [2.05, 4.69) is 20.3 Å². The number of anilines is 1. The van der Waals surface area contributed by atoms with Gasteiger partial charge in [0.25, 0.3) is 5.91 Å². The average Bonchev–Trinajstić information content (AvgIpc) is 3.30. The number of rotatable bonds is 5. The first kappa shape index (κ1) is 19.2. The smallest absolute Gasteiger partial charge is 0.256 e. The molecule has 150 valence electrons. The highest BCUT2D eigenvalue weighted by atomic mass is 32.2. The Hall–Kier alpha value is -3.15. The van der Waals surface area contributed by atoms with Gasteiger partial charge in [0.15, 0.2) is 0 Å². The minimum Gasteiger partial charge on any atom is -0.379 e. The van der Waals surface area contributed by atoms with E-state index in [-0.39, 0.29) is 4.90 Å². The molecule has 0 bridgehead atoms. The van der Waals surface area contributed by atoms with E-state index >= 15 is 0 Å². The molecule has 11 heteroatoms. The van der Waals surface area contributed by atoms with Crippen molar-refractivity contribution in [2.45, 2.75) is 4.90 Å². The lowest BCUT2D eigenvalue weighted by molar-refractivity contribution is 0.0730. The fourth-order valence-electron chi connectivity index (χ4n) is 2.85. The molecule has 1 N–H and O–H groups in total. The van der Waals surface area contributed by atoms with Gasteiger partial charge in [0.1, 0.15) is 24.3 Å². The summed E-state index contributed by atoms with van der Waals surface area (Å²) in [5.74, 6) is 0.467. The average molecular weight is 414 g/mol. The van der Waals surface area contributed by atoms with Crippen LogP contribution in [-0.2, 0) is 14.8 Å². The standard InChI is InChI=1S/C18H18N6O4S/c25-18(22-16-11-17(21-12-20-16)23-6-5-19-13-23)14-1-3-15(4-2-14)29(26,27)24-7-9-28-10-8-24/h1-6,11-13H,7-10H2,(H,20,21,22,25). The van der Waals surface area contributed by atoms with E-state index in [1.54, 1.807) is 29.4 Å². The second kappa shape index (κ2) is 8.07. The summed E-state index contributed by atoms with van der Waals surface area (Å²) in [4.78, 5) is 24.8. The molecule has 0 saturated carbocycles. The van der Waals surface area contributed by atoms with Crippen molar-refractivity contribution in [1.29, 1.82) is 0 Å². The predicted octanol–water partition coefficient (Wildman–Crippen LogP) is 0.935. The molecular weight excluding hydrogens is 396 g/mol. The van der Waals surface area contributed by atoms with E-state index in [1.165, 1.54) is 34.9 Å². The van der Waals surface area contributed by atoms with Gasteiger partial charge in [-0.05, 0) is 24.3 Å². The summed E-state index contributed by atoms with van der Waals surface area (Å²) in [5.41, 5.74) is 0.314. The van der Waals surface area contributed by atoms with Gasteiger partial charge in [-0.2, -0.15) is 4.31 Å². The molecule has 0 aliphatic carbocycles. The summed E-state index contributed by atoms with van der Waals surface area (Å²) in [6, 6.07) is 7.41. The van der Waals surface area contributed by atoms with Crippen molar-refractivity contribution in [2.75, 3.05) is 31.6 Å². The van der Waals surface area contributed by atoms with Crippen LogP contribution in [0, 0.1) is 0 Å². The molecule has 29 heavy (non-hydrogen) atoms. The molecule has 1 aromatic carbocycles. The normalized spacial score (nSPS) is 15.2. The van der Waals surface area contributed by atoms with Crippen LogP contribution in [0.4, 0.5) is 5.82 Å². The molecule has 3 aromatic rings. The molecule has 2 aromatic heterocycles. The van der Waals surface area contributed by atoms with Gasteiger partial charge in [0.2, 0.25) is 10.0 Å². The number of imidazole rings is 1. The van der Waals surface area contributed by atoms with Crippen LogP contribution in [-0.4, -0.2) is 64.5 Å². The molecule has 1 aliphatic heterocycles. The third-order valence-electron chi connectivity index (χ3n) is 4.39. The first-order chi connectivity index (χ1) is 14.0. The van der Waals surface area contributed by atoms with Crippen molar-refractivity contribution in [3.05, 3.63) is 60.9 Å². The van der Waals surface area contributed by atoms with E-state index in [9.17, 15) is 13.2 Å². The first-order valence-corrected chi connectivity index (χ1v) is 10.3. The van der Waals surface area contributed by atoms with E-state index in [0.717, 1.165) is 0 Å². The highest BCUT2D eigenvalue weighted by Gasteiger charge is 2.26. The van der Waals surface area contributed by atoms with Gasteiger partial charge < -0.3 is 10.1 Å². The van der Waals surface area contributed by atoms with Gasteiger partial charge in [-0.3, -0.25) is 9.36 Å². The summed E-state index contributed by atoms with van der Waals surface area (Å²) < 4.78 is 33.6. The Morgan fingerprint density at radius 2 is 1.86 bits per heavy atom. The Bertz CT molecular complexity index is 1090. The van der Waals surface area contributed by atoms with Crippen molar-refractivity contribution in [3.8, 4) is 5.82 Å². The molecule has 1 fully saturated rings. The third kappa shape index (κ3) is 4.16. The molecule has 3 heterocycles. The number of morpholine rings is 1. The number of aromatic nitrogens is 4. The molecule has 0 spiro atoms. The molecule has 0 unspecified atom stereocenters. The van der Waals surface area contributed by atoms with Crippen molar-refractivity contribution in [2.24, 2.45) is 0 Å². The monoisotopic (exact) mass is 414 g/mol. The summed E-state index contributed by atoms with van der Waals surface area (Å²) in [6.45, 7) is 1.38. The number of carbonyl (C=O) groups excluding carboxylic acids is 1. The summed E-state index contributed by atoms with van der Waals surface area (Å²) in [5, 5.41) is 2.68. The zero-order valence-corrected chi connectivity index (χ0v) is 16.1. The molecule has 0 radical (unpaired) electrons. The second-order valence-corrected chi connectivity index (χ2v) is 8.16. The fourth-order valence-corrected chi connectivity index (χ4v) is 4.26. The Balaban J connectivity index is 1.48. The number of nitrogens with zero attached hydrogens (tertiary/aromatic N) is 5. The number of sulfonamides is 1. The van der Waals surface area contributed by atoms with Crippen molar-refractivity contribution in [1.82, 2.24) is 23.8 Å². The molecule has 1 amide bonds. The van der Waals surface area contributed by atoms with Crippen molar-refractivity contribution in [3.63, 3.8) is 0 Å². The lowest BCUT2D eigenvalue weighted by atomic mass is 10.2. The van der Waals surface area contributed by atoms with E-state index in [0.29, 0.717) is 43.5 Å². The zero-order chi connectivity index (χ0) is 20.3. The maximum atomic E-state index is 12.7. The highest BCUT2D eigenvalue weighted by molar-refractivity contribution is 7.89. The van der Waals surface area contributed by atoms with Crippen LogP contribution in [0.5, 0.6) is 0 Å². The van der Waals surface area contributed by atoms with E-state index < -0.39 is 15.9 Å². The fraction of sp³-hybridized carbons (Fsp3) is 0.222. The van der Waals surface area contributed by atoms with Gasteiger partial charge in [0, 0.05) is 37.1 Å². The number of hydrogen-bond acceptors (Lipinski definition) is 7. The van der Waals surface area contributed by atoms with Gasteiger partial charge in [0.05, 0.1) is 18.1 Å². The Morgan fingerprint density at radius 3 is 2.55 bits per heavy atom. The van der Waals surface area contributed by atoms with Crippen LogP contribution >= 0.6 is 0 Å². The largest absolute Gasteiger partial charge is 0.379 e. The highest BCUT2D eigenvalue weighted by Crippen LogP contribution is 2.18. The van der Waals surface area contributed by atoms with Crippen LogP contribution in [0.2, 0.25) is 0 Å². The molecule has 1 aliphatic rings.